The second kappa shape index (κ2) is 11.6. The lowest BCUT2D eigenvalue weighted by atomic mass is 10.0. The zero-order valence-corrected chi connectivity index (χ0v) is 21.5. The maximum Gasteiger partial charge on any atom is 0.407 e. The minimum absolute atomic E-state index is 0.183. The Balaban J connectivity index is 1.54. The Hall–Kier alpha value is -4.33. The third kappa shape index (κ3) is 5.91. The molecular formula is C29H33N5O3. The quantitative estimate of drug-likeness (QED) is 0.161. The number of ether oxygens (including phenoxy) is 1. The molecule has 4 aromatic rings. The Morgan fingerprint density at radius 1 is 1.14 bits per heavy atom. The second-order valence-corrected chi connectivity index (χ2v) is 9.40. The number of benzene rings is 2. The molecule has 0 saturated carbocycles. The molecule has 2 heterocycles. The molecule has 0 radical (unpaired) electrons. The van der Waals surface area contributed by atoms with Crippen molar-refractivity contribution in [3.05, 3.63) is 84.2 Å². The van der Waals surface area contributed by atoms with Gasteiger partial charge in [-0.2, -0.15) is 5.10 Å². The molecule has 0 aliphatic carbocycles. The molecule has 0 aliphatic heterocycles. The molecule has 4 rings (SSSR count). The highest BCUT2D eigenvalue weighted by molar-refractivity contribution is 6.01. The minimum atomic E-state index is -0.876. The molecule has 0 saturated heterocycles. The highest BCUT2D eigenvalue weighted by Gasteiger charge is 2.23. The van der Waals surface area contributed by atoms with E-state index in [1.54, 1.807) is 6.21 Å². The minimum Gasteiger partial charge on any atom is -0.449 e. The molecule has 0 fully saturated rings. The highest BCUT2D eigenvalue weighted by atomic mass is 16.5. The van der Waals surface area contributed by atoms with Crippen LogP contribution in [0.5, 0.6) is 0 Å². The number of fused-ring (bicyclic) bond motifs is 2. The van der Waals surface area contributed by atoms with E-state index >= 15 is 0 Å². The van der Waals surface area contributed by atoms with Gasteiger partial charge in [0.15, 0.2) is 0 Å². The number of H-pyrrole nitrogens is 1. The molecule has 192 valence electrons. The normalized spacial score (nSPS) is 12.3. The van der Waals surface area contributed by atoms with Gasteiger partial charge in [-0.05, 0) is 30.5 Å². The lowest BCUT2D eigenvalue weighted by Gasteiger charge is -2.17. The van der Waals surface area contributed by atoms with Gasteiger partial charge in [-0.1, -0.05) is 56.3 Å². The van der Waals surface area contributed by atoms with E-state index in [0.29, 0.717) is 6.54 Å². The summed E-state index contributed by atoms with van der Waals surface area (Å²) in [6, 6.07) is 15.0. The molecule has 8 nitrogen and oxygen atoms in total. The molecular weight excluding hydrogens is 466 g/mol. The van der Waals surface area contributed by atoms with Gasteiger partial charge in [-0.3, -0.25) is 4.79 Å². The maximum absolute atomic E-state index is 13.2. The first-order valence-electron chi connectivity index (χ1n) is 12.4. The molecule has 0 unspecified atom stereocenters. The van der Waals surface area contributed by atoms with Crippen molar-refractivity contribution in [2.75, 3.05) is 6.61 Å². The predicted molar refractivity (Wildman–Crippen MR) is 148 cm³/mol. The van der Waals surface area contributed by atoms with Crippen LogP contribution >= 0.6 is 0 Å². The molecule has 8 heteroatoms. The number of rotatable bonds is 10. The van der Waals surface area contributed by atoms with Crippen molar-refractivity contribution in [2.45, 2.75) is 39.8 Å². The van der Waals surface area contributed by atoms with E-state index in [0.717, 1.165) is 38.6 Å². The monoisotopic (exact) mass is 499 g/mol. The number of carbonyl (C=O) groups is 2. The summed E-state index contributed by atoms with van der Waals surface area (Å²) in [6.45, 7) is 10.7. The summed E-state index contributed by atoms with van der Waals surface area (Å²) in [5.41, 5.74) is 7.49. The van der Waals surface area contributed by atoms with E-state index in [1.165, 1.54) is 0 Å². The van der Waals surface area contributed by atoms with Crippen LogP contribution in [0.25, 0.3) is 21.8 Å². The van der Waals surface area contributed by atoms with E-state index in [2.05, 4.69) is 32.0 Å². The predicted octanol–water partition coefficient (Wildman–Crippen LogP) is 5.06. The third-order valence-corrected chi connectivity index (χ3v) is 6.22. The van der Waals surface area contributed by atoms with Crippen molar-refractivity contribution in [3.8, 4) is 0 Å². The summed E-state index contributed by atoms with van der Waals surface area (Å²) in [7, 11) is 0. The molecule has 3 N–H and O–H groups in total. The number of allylic oxidation sites excluding steroid dienone is 1. The zero-order chi connectivity index (χ0) is 26.4. The van der Waals surface area contributed by atoms with Crippen molar-refractivity contribution in [3.63, 3.8) is 0 Å². The van der Waals surface area contributed by atoms with E-state index < -0.39 is 18.0 Å². The van der Waals surface area contributed by atoms with Gasteiger partial charge in [0.05, 0.1) is 12.8 Å². The van der Waals surface area contributed by atoms with Gasteiger partial charge >= 0.3 is 6.09 Å². The van der Waals surface area contributed by atoms with Crippen LogP contribution in [0.3, 0.4) is 0 Å². The number of nitrogens with zero attached hydrogens (tertiary/aromatic N) is 2. The summed E-state index contributed by atoms with van der Waals surface area (Å²) in [5.74, 6) is -0.252. The zero-order valence-electron chi connectivity index (χ0n) is 21.5. The number of hydrazone groups is 1. The Kier molecular flexibility index (Phi) is 8.08. The third-order valence-electron chi connectivity index (χ3n) is 6.22. The van der Waals surface area contributed by atoms with Crippen molar-refractivity contribution in [1.82, 2.24) is 20.3 Å². The van der Waals surface area contributed by atoms with E-state index in [-0.39, 0.29) is 18.9 Å². The number of nitrogens with one attached hydrogen (secondary N) is 3. The van der Waals surface area contributed by atoms with Gasteiger partial charge in [0.2, 0.25) is 0 Å². The summed E-state index contributed by atoms with van der Waals surface area (Å²) in [6.07, 6.45) is 4.99. The summed E-state index contributed by atoms with van der Waals surface area (Å²) in [5, 5.41) is 8.99. The number of alkyl carbamates (subject to hydrolysis) is 1. The van der Waals surface area contributed by atoms with Crippen LogP contribution in [0.2, 0.25) is 0 Å². The summed E-state index contributed by atoms with van der Waals surface area (Å²) < 4.78 is 7.42. The Bertz CT molecular complexity index is 1450. The Morgan fingerprint density at radius 3 is 2.62 bits per heavy atom. The molecule has 1 atom stereocenters. The maximum atomic E-state index is 13.2. The molecule has 2 amide bonds. The standard InChI is InChI=1S/C29H33N5O3/c1-5-14-34-20(4)24(23-11-7-9-13-27(23)34)17-31-33-28(35)26(32-29(36)37-18-19(2)3)15-21-16-30-25-12-8-6-10-22(21)25/h5-13,16-17,19,26,30H,1,14-15,18H2,2-4H3,(H,32,36)(H,33,35)/b31-17-/t26-/m0/s1. The Morgan fingerprint density at radius 2 is 1.86 bits per heavy atom. The topological polar surface area (TPSA) is 101 Å². The van der Waals surface area contributed by atoms with Gasteiger partial charge < -0.3 is 19.6 Å². The molecule has 37 heavy (non-hydrogen) atoms. The Labute approximate surface area is 216 Å². The van der Waals surface area contributed by atoms with Crippen molar-refractivity contribution < 1.29 is 14.3 Å². The fourth-order valence-corrected chi connectivity index (χ4v) is 4.38. The van der Waals surface area contributed by atoms with Crippen LogP contribution in [-0.2, 0) is 22.5 Å². The summed E-state index contributed by atoms with van der Waals surface area (Å²) >= 11 is 0. The van der Waals surface area contributed by atoms with Crippen molar-refractivity contribution >= 4 is 40.0 Å². The first kappa shape index (κ1) is 25.8. The number of aromatic nitrogens is 2. The molecule has 2 aromatic carbocycles. The fourth-order valence-electron chi connectivity index (χ4n) is 4.38. The number of carbonyl (C=O) groups excluding carboxylic acids is 2. The average molecular weight is 500 g/mol. The number of aromatic amines is 1. The average Bonchev–Trinajstić information content (AvgIpc) is 3.41. The fraction of sp³-hybridized carbons (Fsp3) is 0.276. The lowest BCUT2D eigenvalue weighted by molar-refractivity contribution is -0.123. The van der Waals surface area contributed by atoms with E-state index in [9.17, 15) is 9.59 Å². The number of hydrogen-bond donors (Lipinski definition) is 3. The van der Waals surface area contributed by atoms with Crippen molar-refractivity contribution in [1.29, 1.82) is 0 Å². The van der Waals surface area contributed by atoms with Gasteiger partial charge in [0, 0.05) is 52.2 Å². The van der Waals surface area contributed by atoms with Gasteiger partial charge in [-0.25, -0.2) is 10.2 Å². The molecule has 0 spiro atoms. The van der Waals surface area contributed by atoms with Crippen LogP contribution in [0, 0.1) is 12.8 Å². The lowest BCUT2D eigenvalue weighted by Crippen LogP contribution is -2.47. The molecule has 0 aliphatic rings. The van der Waals surface area contributed by atoms with Gasteiger partial charge in [0.25, 0.3) is 5.91 Å². The highest BCUT2D eigenvalue weighted by Crippen LogP contribution is 2.24. The summed E-state index contributed by atoms with van der Waals surface area (Å²) in [4.78, 5) is 28.8. The molecule has 2 aromatic heterocycles. The van der Waals surface area contributed by atoms with Gasteiger partial charge in [-0.15, -0.1) is 6.58 Å². The largest absolute Gasteiger partial charge is 0.449 e. The van der Waals surface area contributed by atoms with Crippen LogP contribution < -0.4 is 10.7 Å². The first-order chi connectivity index (χ1) is 17.9. The van der Waals surface area contributed by atoms with Crippen LogP contribution in [-0.4, -0.2) is 40.4 Å². The van der Waals surface area contributed by atoms with Crippen LogP contribution in [0.1, 0.15) is 30.7 Å². The van der Waals surface area contributed by atoms with Gasteiger partial charge in [0.1, 0.15) is 6.04 Å². The van der Waals surface area contributed by atoms with Crippen LogP contribution in [0.4, 0.5) is 4.79 Å². The first-order valence-corrected chi connectivity index (χ1v) is 12.4. The van der Waals surface area contributed by atoms with E-state index in [1.807, 2.05) is 81.6 Å². The second-order valence-electron chi connectivity index (χ2n) is 9.40. The molecule has 0 bridgehead atoms. The van der Waals surface area contributed by atoms with Crippen molar-refractivity contribution in [2.24, 2.45) is 11.0 Å². The smallest absolute Gasteiger partial charge is 0.407 e. The number of amides is 2. The number of hydrogen-bond acceptors (Lipinski definition) is 4. The SMILES string of the molecule is C=CCn1c(C)c(/C=N\NC(=O)[C@H](Cc2c[nH]c3ccccc23)NC(=O)OCC(C)C)c2ccccc21. The van der Waals surface area contributed by atoms with E-state index in [4.69, 9.17) is 4.74 Å². The van der Waals surface area contributed by atoms with Crippen LogP contribution in [0.15, 0.2) is 72.5 Å². The number of para-hydroxylation sites is 2.